The molecule has 3 N–H and O–H groups in total. The number of anilines is 1. The van der Waals surface area contributed by atoms with Crippen molar-refractivity contribution >= 4 is 34.3 Å². The average Bonchev–Trinajstić information content (AvgIpc) is 3.26. The predicted octanol–water partition coefficient (Wildman–Crippen LogP) is 2.58. The largest absolute Gasteiger partial charge is 0.361 e. The molecule has 0 aliphatic carbocycles. The van der Waals surface area contributed by atoms with E-state index in [1.54, 1.807) is 29.3 Å². The summed E-state index contributed by atoms with van der Waals surface area (Å²) in [6.07, 6.45) is 2.18. The fraction of sp³-hybridized carbons (Fsp3) is 0.261. The van der Waals surface area contributed by atoms with Gasteiger partial charge in [-0.15, -0.1) is 0 Å². The lowest BCUT2D eigenvalue weighted by atomic mass is 10.1. The first kappa shape index (κ1) is 20.6. The molecule has 3 aromatic rings. The molecular formula is C23H23FN4O3. The van der Waals surface area contributed by atoms with Gasteiger partial charge >= 0.3 is 11.8 Å². The van der Waals surface area contributed by atoms with E-state index in [2.05, 4.69) is 15.6 Å². The maximum atomic E-state index is 13.5. The molecule has 4 rings (SSSR count). The number of rotatable bonds is 5. The van der Waals surface area contributed by atoms with Crippen LogP contribution in [0.2, 0.25) is 0 Å². The number of carbonyl (C=O) groups excluding carboxylic acids is 3. The summed E-state index contributed by atoms with van der Waals surface area (Å²) in [5.41, 5.74) is 3.04. The standard InChI is InChI=1S/C23H23FN4O3/c1-13(2)28-19-6-4-3-5-16(19)20(23(28)31)27-22(30)21(29)25-10-9-14-12-26-18-8-7-15(24)11-17(14)18/h3-8,11-13,20,26H,9-10H2,1-2H3,(H,25,29)(H,27,30). The van der Waals surface area contributed by atoms with Gasteiger partial charge in [-0.05, 0) is 50.1 Å². The zero-order valence-electron chi connectivity index (χ0n) is 17.2. The maximum absolute atomic E-state index is 13.5. The van der Waals surface area contributed by atoms with E-state index in [4.69, 9.17) is 0 Å². The molecular weight excluding hydrogens is 399 g/mol. The molecule has 1 unspecified atom stereocenters. The summed E-state index contributed by atoms with van der Waals surface area (Å²) in [4.78, 5) is 42.2. The molecule has 0 bridgehead atoms. The van der Waals surface area contributed by atoms with Crippen LogP contribution in [0.1, 0.15) is 31.0 Å². The summed E-state index contributed by atoms with van der Waals surface area (Å²) < 4.78 is 13.5. The van der Waals surface area contributed by atoms with Gasteiger partial charge in [0.25, 0.3) is 5.91 Å². The van der Waals surface area contributed by atoms with Crippen molar-refractivity contribution in [3.05, 3.63) is 65.6 Å². The Morgan fingerprint density at radius 1 is 1.16 bits per heavy atom. The van der Waals surface area contributed by atoms with Gasteiger partial charge in [0.15, 0.2) is 0 Å². The van der Waals surface area contributed by atoms with Gasteiger partial charge in [-0.1, -0.05) is 18.2 Å². The Morgan fingerprint density at radius 3 is 2.71 bits per heavy atom. The lowest BCUT2D eigenvalue weighted by Crippen LogP contribution is -2.45. The molecule has 2 heterocycles. The number of nitrogens with one attached hydrogen (secondary N) is 3. The van der Waals surface area contributed by atoms with E-state index in [1.807, 2.05) is 26.0 Å². The SMILES string of the molecule is CC(C)N1C(=O)C(NC(=O)C(=O)NCCc2c[nH]c3ccc(F)cc23)c2ccccc21. The van der Waals surface area contributed by atoms with Gasteiger partial charge in [0, 0.05) is 40.9 Å². The number of para-hydroxylation sites is 1. The summed E-state index contributed by atoms with van der Waals surface area (Å²) in [5, 5.41) is 5.85. The van der Waals surface area contributed by atoms with Crippen LogP contribution < -0.4 is 15.5 Å². The highest BCUT2D eigenvalue weighted by Crippen LogP contribution is 2.36. The summed E-state index contributed by atoms with van der Waals surface area (Å²) in [6.45, 7) is 3.98. The number of aromatic nitrogens is 1. The van der Waals surface area contributed by atoms with E-state index in [0.717, 1.165) is 22.2 Å². The van der Waals surface area contributed by atoms with Gasteiger partial charge in [-0.3, -0.25) is 14.4 Å². The summed E-state index contributed by atoms with van der Waals surface area (Å²) in [7, 11) is 0. The van der Waals surface area contributed by atoms with Crippen LogP contribution in [0, 0.1) is 5.82 Å². The number of aromatic amines is 1. The Kier molecular flexibility index (Phi) is 5.46. The number of amides is 3. The molecule has 7 nitrogen and oxygen atoms in total. The molecule has 0 radical (unpaired) electrons. The van der Waals surface area contributed by atoms with Crippen LogP contribution >= 0.6 is 0 Å². The van der Waals surface area contributed by atoms with Crippen LogP contribution in [0.4, 0.5) is 10.1 Å². The quantitative estimate of drug-likeness (QED) is 0.552. The van der Waals surface area contributed by atoms with E-state index in [9.17, 15) is 18.8 Å². The lowest BCUT2D eigenvalue weighted by molar-refractivity contribution is -0.140. The number of carbonyl (C=O) groups is 3. The zero-order chi connectivity index (χ0) is 22.1. The molecule has 0 spiro atoms. The second-order valence-electron chi connectivity index (χ2n) is 7.78. The lowest BCUT2D eigenvalue weighted by Gasteiger charge is -2.22. The Labute approximate surface area is 178 Å². The Hall–Kier alpha value is -3.68. The minimum atomic E-state index is -0.895. The first-order valence-electron chi connectivity index (χ1n) is 10.1. The van der Waals surface area contributed by atoms with Crippen molar-refractivity contribution in [1.29, 1.82) is 0 Å². The topological polar surface area (TPSA) is 94.3 Å². The number of fused-ring (bicyclic) bond motifs is 2. The number of hydrogen-bond donors (Lipinski definition) is 3. The minimum Gasteiger partial charge on any atom is -0.361 e. The van der Waals surface area contributed by atoms with Crippen molar-refractivity contribution in [2.75, 3.05) is 11.4 Å². The van der Waals surface area contributed by atoms with Crippen molar-refractivity contribution in [2.45, 2.75) is 32.4 Å². The third-order valence-electron chi connectivity index (χ3n) is 5.40. The average molecular weight is 422 g/mol. The molecule has 1 aromatic heterocycles. The van der Waals surface area contributed by atoms with E-state index < -0.39 is 17.9 Å². The fourth-order valence-corrected chi connectivity index (χ4v) is 3.96. The van der Waals surface area contributed by atoms with E-state index in [-0.39, 0.29) is 24.3 Å². The summed E-state index contributed by atoms with van der Waals surface area (Å²) >= 11 is 0. The number of halogens is 1. The second-order valence-corrected chi connectivity index (χ2v) is 7.78. The van der Waals surface area contributed by atoms with Crippen LogP contribution in [0.15, 0.2) is 48.7 Å². The smallest absolute Gasteiger partial charge is 0.310 e. The zero-order valence-corrected chi connectivity index (χ0v) is 17.2. The van der Waals surface area contributed by atoms with Gasteiger partial charge in [-0.2, -0.15) is 0 Å². The van der Waals surface area contributed by atoms with Crippen molar-refractivity contribution in [1.82, 2.24) is 15.6 Å². The third kappa shape index (κ3) is 3.88. The number of H-pyrrole nitrogens is 1. The van der Waals surface area contributed by atoms with Gasteiger partial charge < -0.3 is 20.5 Å². The molecule has 160 valence electrons. The van der Waals surface area contributed by atoms with Crippen LogP contribution in [0.5, 0.6) is 0 Å². The fourth-order valence-electron chi connectivity index (χ4n) is 3.96. The molecule has 3 amide bonds. The summed E-state index contributed by atoms with van der Waals surface area (Å²) in [5.74, 6) is -2.30. The number of nitrogens with zero attached hydrogens (tertiary/aromatic N) is 1. The van der Waals surface area contributed by atoms with Gasteiger partial charge in [0.2, 0.25) is 0 Å². The molecule has 1 atom stereocenters. The first-order valence-corrected chi connectivity index (χ1v) is 10.1. The van der Waals surface area contributed by atoms with Gasteiger partial charge in [0.1, 0.15) is 11.9 Å². The van der Waals surface area contributed by atoms with E-state index in [1.165, 1.54) is 12.1 Å². The molecule has 8 heteroatoms. The molecule has 2 aromatic carbocycles. The highest BCUT2D eigenvalue weighted by atomic mass is 19.1. The Morgan fingerprint density at radius 2 is 1.94 bits per heavy atom. The van der Waals surface area contributed by atoms with Crippen LogP contribution in [-0.4, -0.2) is 35.3 Å². The normalized spacial score (nSPS) is 15.4. The van der Waals surface area contributed by atoms with E-state index in [0.29, 0.717) is 12.0 Å². The highest BCUT2D eigenvalue weighted by Gasteiger charge is 2.39. The summed E-state index contributed by atoms with van der Waals surface area (Å²) in [6, 6.07) is 10.7. The minimum absolute atomic E-state index is 0.0783. The van der Waals surface area contributed by atoms with Crippen LogP contribution in [-0.2, 0) is 20.8 Å². The highest BCUT2D eigenvalue weighted by molar-refractivity contribution is 6.35. The monoisotopic (exact) mass is 422 g/mol. The first-order chi connectivity index (χ1) is 14.9. The Balaban J connectivity index is 1.38. The van der Waals surface area contributed by atoms with E-state index >= 15 is 0 Å². The van der Waals surface area contributed by atoms with Crippen molar-refractivity contribution < 1.29 is 18.8 Å². The molecule has 1 aliphatic heterocycles. The van der Waals surface area contributed by atoms with Crippen molar-refractivity contribution in [3.8, 4) is 0 Å². The molecule has 31 heavy (non-hydrogen) atoms. The van der Waals surface area contributed by atoms with Crippen molar-refractivity contribution in [3.63, 3.8) is 0 Å². The number of benzene rings is 2. The maximum Gasteiger partial charge on any atom is 0.310 e. The molecule has 0 saturated heterocycles. The van der Waals surface area contributed by atoms with Crippen molar-refractivity contribution in [2.24, 2.45) is 0 Å². The van der Waals surface area contributed by atoms with Crippen LogP contribution in [0.3, 0.4) is 0 Å². The molecule has 1 aliphatic rings. The van der Waals surface area contributed by atoms with Crippen LogP contribution in [0.25, 0.3) is 10.9 Å². The molecule has 0 saturated carbocycles. The predicted molar refractivity (Wildman–Crippen MR) is 115 cm³/mol. The molecule has 0 fully saturated rings. The van der Waals surface area contributed by atoms with Gasteiger partial charge in [-0.25, -0.2) is 4.39 Å². The second kappa shape index (κ2) is 8.22. The number of hydrogen-bond acceptors (Lipinski definition) is 3. The third-order valence-corrected chi connectivity index (χ3v) is 5.40. The van der Waals surface area contributed by atoms with Gasteiger partial charge in [0.05, 0.1) is 0 Å². The Bertz CT molecular complexity index is 1170.